The second-order valence-electron chi connectivity index (χ2n) is 4.40. The smallest absolute Gasteiger partial charge is 0.0251 e. The van der Waals surface area contributed by atoms with Crippen molar-refractivity contribution >= 4 is 23.5 Å². The molecular weight excluding hydrogens is 232 g/mol. The minimum Gasteiger partial charge on any atom is -0.124 e. The molecule has 2 heteroatoms. The van der Waals surface area contributed by atoms with E-state index < -0.39 is 0 Å². The normalized spacial score (nSPS) is 30.2. The number of hydrogen-bond acceptors (Lipinski definition) is 2. The second kappa shape index (κ2) is 4.89. The van der Waals surface area contributed by atoms with Gasteiger partial charge >= 0.3 is 0 Å². The Labute approximate surface area is 107 Å². The number of hydrogen-bond donors (Lipinski definition) is 0. The van der Waals surface area contributed by atoms with Crippen LogP contribution >= 0.6 is 23.5 Å². The van der Waals surface area contributed by atoms with Gasteiger partial charge in [0.05, 0.1) is 0 Å². The highest BCUT2D eigenvalue weighted by molar-refractivity contribution is 8.04. The van der Waals surface area contributed by atoms with Gasteiger partial charge in [-0.05, 0) is 60.8 Å². The van der Waals surface area contributed by atoms with Gasteiger partial charge in [-0.15, -0.1) is 23.5 Å². The van der Waals surface area contributed by atoms with Crippen molar-refractivity contribution in [1.82, 2.24) is 0 Å². The van der Waals surface area contributed by atoms with E-state index in [4.69, 9.17) is 0 Å². The predicted molar refractivity (Wildman–Crippen MR) is 77.8 cm³/mol. The first-order valence-electron chi connectivity index (χ1n) is 5.68. The molecule has 0 radical (unpaired) electrons. The van der Waals surface area contributed by atoms with E-state index in [0.717, 1.165) is 0 Å². The lowest BCUT2D eigenvalue weighted by Crippen LogP contribution is -2.04. The van der Waals surface area contributed by atoms with Crippen LogP contribution in [0.4, 0.5) is 0 Å². The highest BCUT2D eigenvalue weighted by atomic mass is 32.2. The van der Waals surface area contributed by atoms with Crippen LogP contribution in [0.15, 0.2) is 45.3 Å². The lowest BCUT2D eigenvalue weighted by molar-refractivity contribution is 1.18. The third-order valence-corrected chi connectivity index (χ3v) is 4.62. The fraction of sp³-hybridized carbons (Fsp3) is 0.429. The van der Waals surface area contributed by atoms with Crippen LogP contribution in [0.5, 0.6) is 0 Å². The lowest BCUT2D eigenvalue weighted by atomic mass is 10.0. The van der Waals surface area contributed by atoms with E-state index in [0.29, 0.717) is 10.5 Å². The topological polar surface area (TPSA) is 0 Å². The van der Waals surface area contributed by atoms with Gasteiger partial charge in [0.1, 0.15) is 0 Å². The van der Waals surface area contributed by atoms with Crippen LogP contribution in [-0.4, -0.2) is 10.5 Å². The molecule has 0 aromatic rings. The summed E-state index contributed by atoms with van der Waals surface area (Å²) in [5.41, 5.74) is 2.80. The van der Waals surface area contributed by atoms with Crippen LogP contribution in [0.1, 0.15) is 27.7 Å². The molecule has 0 N–H and O–H groups in total. The largest absolute Gasteiger partial charge is 0.124 e. The van der Waals surface area contributed by atoms with Crippen molar-refractivity contribution in [2.45, 2.75) is 38.2 Å². The van der Waals surface area contributed by atoms with Crippen molar-refractivity contribution in [3.05, 3.63) is 45.3 Å². The fourth-order valence-corrected chi connectivity index (χ4v) is 4.11. The van der Waals surface area contributed by atoms with Gasteiger partial charge in [0.25, 0.3) is 0 Å². The van der Waals surface area contributed by atoms with Crippen LogP contribution < -0.4 is 0 Å². The van der Waals surface area contributed by atoms with Gasteiger partial charge in [0, 0.05) is 10.5 Å². The maximum atomic E-state index is 2.37. The van der Waals surface area contributed by atoms with Crippen LogP contribution in [-0.2, 0) is 0 Å². The first kappa shape index (κ1) is 12.1. The third-order valence-electron chi connectivity index (χ3n) is 2.62. The maximum absolute atomic E-state index is 2.37. The molecule has 2 aliphatic rings. The minimum atomic E-state index is 0.597. The maximum Gasteiger partial charge on any atom is 0.0251 e. The van der Waals surface area contributed by atoms with Gasteiger partial charge in [0.2, 0.25) is 0 Å². The molecule has 2 atom stereocenters. The Morgan fingerprint density at radius 2 is 1.19 bits per heavy atom. The van der Waals surface area contributed by atoms with Gasteiger partial charge in [-0.2, -0.15) is 0 Å². The molecule has 2 heterocycles. The van der Waals surface area contributed by atoms with Crippen molar-refractivity contribution in [3.63, 3.8) is 0 Å². The van der Waals surface area contributed by atoms with E-state index >= 15 is 0 Å². The molecular formula is C14H18S2. The number of rotatable bonds is 1. The summed E-state index contributed by atoms with van der Waals surface area (Å²) in [6.45, 7) is 8.93. The van der Waals surface area contributed by atoms with Crippen molar-refractivity contribution in [3.8, 4) is 0 Å². The SMILES string of the molecule is CC1=CC(C2=CC(C)SC(C)=C2)=CC(C)S1. The zero-order chi connectivity index (χ0) is 11.7. The molecule has 0 nitrogen and oxygen atoms in total. The molecule has 2 rings (SSSR count). The summed E-state index contributed by atoms with van der Waals surface area (Å²) in [5, 5.41) is 1.19. The zero-order valence-electron chi connectivity index (χ0n) is 10.3. The molecule has 0 saturated carbocycles. The average molecular weight is 250 g/mol. The van der Waals surface area contributed by atoms with E-state index in [1.807, 2.05) is 23.5 Å². The van der Waals surface area contributed by atoms with Crippen LogP contribution in [0.25, 0.3) is 0 Å². The summed E-state index contributed by atoms with van der Waals surface area (Å²) in [4.78, 5) is 2.84. The monoisotopic (exact) mass is 250 g/mol. The minimum absolute atomic E-state index is 0.597. The van der Waals surface area contributed by atoms with Crippen molar-refractivity contribution in [2.24, 2.45) is 0 Å². The molecule has 86 valence electrons. The quantitative estimate of drug-likeness (QED) is 0.648. The molecule has 16 heavy (non-hydrogen) atoms. The van der Waals surface area contributed by atoms with E-state index in [1.54, 1.807) is 0 Å². The molecule has 2 aliphatic heterocycles. The van der Waals surface area contributed by atoms with Crippen LogP contribution in [0.3, 0.4) is 0 Å². The number of allylic oxidation sites excluding steroid dienone is 6. The molecule has 0 aliphatic carbocycles. The highest BCUT2D eigenvalue weighted by Gasteiger charge is 2.15. The molecule has 0 spiro atoms. The first-order chi connectivity index (χ1) is 7.54. The van der Waals surface area contributed by atoms with Gasteiger partial charge in [0.15, 0.2) is 0 Å². The van der Waals surface area contributed by atoms with E-state index in [9.17, 15) is 0 Å². The summed E-state index contributed by atoms with van der Waals surface area (Å²) in [7, 11) is 0. The van der Waals surface area contributed by atoms with Crippen molar-refractivity contribution in [1.29, 1.82) is 0 Å². The van der Waals surface area contributed by atoms with Crippen molar-refractivity contribution in [2.75, 3.05) is 0 Å². The zero-order valence-corrected chi connectivity index (χ0v) is 11.9. The van der Waals surface area contributed by atoms with E-state index in [-0.39, 0.29) is 0 Å². The molecule has 0 amide bonds. The molecule has 0 bridgehead atoms. The summed E-state index contributed by atoms with van der Waals surface area (Å²) in [5.74, 6) is 0. The van der Waals surface area contributed by atoms with Gasteiger partial charge in [-0.3, -0.25) is 0 Å². The summed E-state index contributed by atoms with van der Waals surface area (Å²) >= 11 is 3.88. The molecule has 0 aromatic carbocycles. The van der Waals surface area contributed by atoms with Gasteiger partial charge in [-0.25, -0.2) is 0 Å². The van der Waals surface area contributed by atoms with Gasteiger partial charge in [-0.1, -0.05) is 12.2 Å². The van der Waals surface area contributed by atoms with E-state index in [1.165, 1.54) is 21.0 Å². The average Bonchev–Trinajstić information content (AvgIpc) is 2.14. The van der Waals surface area contributed by atoms with Crippen molar-refractivity contribution < 1.29 is 0 Å². The Balaban J connectivity index is 2.32. The Morgan fingerprint density at radius 3 is 1.50 bits per heavy atom. The molecule has 2 unspecified atom stereocenters. The third kappa shape index (κ3) is 2.86. The van der Waals surface area contributed by atoms with Crippen LogP contribution in [0, 0.1) is 0 Å². The fourth-order valence-electron chi connectivity index (χ4n) is 2.12. The van der Waals surface area contributed by atoms with Crippen LogP contribution in [0.2, 0.25) is 0 Å². The second-order valence-corrected chi connectivity index (χ2v) is 7.65. The highest BCUT2D eigenvalue weighted by Crippen LogP contribution is 2.36. The molecule has 0 saturated heterocycles. The Morgan fingerprint density at radius 1 is 0.812 bits per heavy atom. The standard InChI is InChI=1S/C14H18S2/c1-9-5-13(6-10(2)15-9)14-7-11(3)16-12(4)8-14/h5-9,11H,1-4H3. The van der Waals surface area contributed by atoms with Gasteiger partial charge < -0.3 is 0 Å². The lowest BCUT2D eigenvalue weighted by Gasteiger charge is -2.21. The Hall–Kier alpha value is -0.340. The molecule has 0 fully saturated rings. The molecule has 0 aromatic heterocycles. The Bertz CT molecular complexity index is 370. The number of thioether (sulfide) groups is 2. The predicted octanol–water partition coefficient (Wildman–Crippen LogP) is 4.92. The first-order valence-corrected chi connectivity index (χ1v) is 7.44. The summed E-state index contributed by atoms with van der Waals surface area (Å²) < 4.78 is 0. The van der Waals surface area contributed by atoms with E-state index in [2.05, 4.69) is 52.0 Å². The summed E-state index contributed by atoms with van der Waals surface area (Å²) in [6.07, 6.45) is 9.36. The summed E-state index contributed by atoms with van der Waals surface area (Å²) in [6, 6.07) is 0. The Kier molecular flexibility index (Phi) is 3.70.